The van der Waals surface area contributed by atoms with Gasteiger partial charge in [-0.25, -0.2) is 12.8 Å². The second-order valence-electron chi connectivity index (χ2n) is 8.13. The van der Waals surface area contributed by atoms with Crippen molar-refractivity contribution in [1.29, 1.82) is 0 Å². The second-order valence-corrected chi connectivity index (χ2v) is 9.97. The minimum atomic E-state index is -3.50. The molecule has 6 nitrogen and oxygen atoms in total. The van der Waals surface area contributed by atoms with E-state index in [1.807, 2.05) is 18.2 Å². The van der Waals surface area contributed by atoms with Crippen molar-refractivity contribution in [2.24, 2.45) is 5.92 Å². The third-order valence-corrected chi connectivity index (χ3v) is 7.21. The Morgan fingerprint density at radius 1 is 1.10 bits per heavy atom. The molecule has 2 bridgehead atoms. The van der Waals surface area contributed by atoms with Crippen molar-refractivity contribution >= 4 is 15.7 Å². The Labute approximate surface area is 170 Å². The summed E-state index contributed by atoms with van der Waals surface area (Å²) >= 11 is 0. The van der Waals surface area contributed by atoms with Crippen LogP contribution in [-0.4, -0.2) is 36.7 Å². The number of fused-ring (bicyclic) bond motifs is 4. The molecule has 1 saturated heterocycles. The number of pyridine rings is 1. The van der Waals surface area contributed by atoms with Gasteiger partial charge in [0.1, 0.15) is 11.5 Å². The van der Waals surface area contributed by atoms with E-state index in [1.165, 1.54) is 12.1 Å². The van der Waals surface area contributed by atoms with Gasteiger partial charge in [-0.05, 0) is 48.6 Å². The van der Waals surface area contributed by atoms with E-state index in [0.717, 1.165) is 37.3 Å². The Kier molecular flexibility index (Phi) is 5.48. The van der Waals surface area contributed by atoms with Gasteiger partial charge in [0.2, 0.25) is 10.0 Å². The van der Waals surface area contributed by atoms with Crippen molar-refractivity contribution in [3.63, 3.8) is 0 Å². The lowest BCUT2D eigenvalue weighted by Gasteiger charge is -2.43. The first kappa shape index (κ1) is 20.1. The summed E-state index contributed by atoms with van der Waals surface area (Å²) in [6.07, 6.45) is 1.52. The van der Waals surface area contributed by atoms with Crippen molar-refractivity contribution in [3.05, 3.63) is 63.8 Å². The van der Waals surface area contributed by atoms with Gasteiger partial charge in [-0.1, -0.05) is 19.1 Å². The highest BCUT2D eigenvalue weighted by Crippen LogP contribution is 2.36. The highest BCUT2D eigenvalue weighted by molar-refractivity contribution is 7.92. The number of likely N-dealkylation sites (tertiary alicyclic amines) is 1. The van der Waals surface area contributed by atoms with E-state index in [-0.39, 0.29) is 28.7 Å². The number of halogens is 1. The summed E-state index contributed by atoms with van der Waals surface area (Å²) in [5.74, 6) is 0.333. The Morgan fingerprint density at radius 3 is 2.59 bits per heavy atom. The molecule has 3 heterocycles. The summed E-state index contributed by atoms with van der Waals surface area (Å²) in [6.45, 7) is 4.83. The van der Waals surface area contributed by atoms with Gasteiger partial charge in [0.15, 0.2) is 0 Å². The third-order valence-electron chi connectivity index (χ3n) is 5.74. The molecule has 0 radical (unpaired) electrons. The van der Waals surface area contributed by atoms with Gasteiger partial charge in [0.05, 0.1) is 5.75 Å². The van der Waals surface area contributed by atoms with Crippen molar-refractivity contribution in [3.8, 4) is 0 Å². The summed E-state index contributed by atoms with van der Waals surface area (Å²) in [6, 6.07) is 10.1. The molecule has 2 aromatic rings. The number of piperidine rings is 1. The van der Waals surface area contributed by atoms with Crippen LogP contribution in [0.5, 0.6) is 0 Å². The van der Waals surface area contributed by atoms with E-state index in [2.05, 4.69) is 9.62 Å². The Hall–Kier alpha value is -2.19. The molecule has 1 aromatic heterocycles. The van der Waals surface area contributed by atoms with Crippen LogP contribution < -0.4 is 10.3 Å². The van der Waals surface area contributed by atoms with Gasteiger partial charge < -0.3 is 4.57 Å². The van der Waals surface area contributed by atoms with Crippen molar-refractivity contribution in [2.45, 2.75) is 38.8 Å². The molecule has 2 aliphatic rings. The van der Waals surface area contributed by atoms with Crippen LogP contribution in [0.15, 0.2) is 41.2 Å². The first-order valence-corrected chi connectivity index (χ1v) is 11.7. The molecule has 0 saturated carbocycles. The fourth-order valence-corrected chi connectivity index (χ4v) is 5.72. The molecule has 8 heteroatoms. The van der Waals surface area contributed by atoms with E-state index in [1.54, 1.807) is 17.6 Å². The lowest BCUT2D eigenvalue weighted by atomic mass is 9.83. The Morgan fingerprint density at radius 2 is 1.86 bits per heavy atom. The number of benzene rings is 1. The molecule has 2 aliphatic heterocycles. The normalized spacial score (nSPS) is 21.6. The second kappa shape index (κ2) is 7.91. The molecular formula is C21H26FN3O3S. The molecule has 1 fully saturated rings. The summed E-state index contributed by atoms with van der Waals surface area (Å²) in [5.41, 5.74) is 1.91. The molecule has 1 N–H and O–H groups in total. The van der Waals surface area contributed by atoms with Gasteiger partial charge in [-0.3, -0.25) is 14.4 Å². The SMILES string of the molecule is CCCS(=O)(=O)Nc1ccc2n(c1=O)C[C@H]1C[C@@H]2CN(Cc2ccc(F)cc2)C1. The topological polar surface area (TPSA) is 71.4 Å². The lowest BCUT2D eigenvalue weighted by Crippen LogP contribution is -2.47. The number of sulfonamides is 1. The molecule has 0 aliphatic carbocycles. The van der Waals surface area contributed by atoms with Crippen LogP contribution in [-0.2, 0) is 23.1 Å². The van der Waals surface area contributed by atoms with Gasteiger partial charge >= 0.3 is 0 Å². The molecule has 0 unspecified atom stereocenters. The Bertz CT molecular complexity index is 1050. The molecule has 4 rings (SSSR count). The number of hydrogen-bond acceptors (Lipinski definition) is 4. The zero-order valence-corrected chi connectivity index (χ0v) is 17.3. The average Bonchev–Trinajstić information content (AvgIpc) is 2.66. The average molecular weight is 420 g/mol. The number of aromatic nitrogens is 1. The maximum Gasteiger partial charge on any atom is 0.275 e. The largest absolute Gasteiger partial charge is 0.310 e. The summed E-state index contributed by atoms with van der Waals surface area (Å²) < 4.78 is 41.5. The number of anilines is 1. The molecule has 2 atom stereocenters. The van der Waals surface area contributed by atoms with Gasteiger partial charge in [0, 0.05) is 37.8 Å². The van der Waals surface area contributed by atoms with Crippen molar-refractivity contribution in [1.82, 2.24) is 9.47 Å². The van der Waals surface area contributed by atoms with Crippen LogP contribution in [0.3, 0.4) is 0 Å². The van der Waals surface area contributed by atoms with E-state index in [9.17, 15) is 17.6 Å². The summed E-state index contributed by atoms with van der Waals surface area (Å²) in [4.78, 5) is 15.3. The highest BCUT2D eigenvalue weighted by atomic mass is 32.2. The van der Waals surface area contributed by atoms with Crippen LogP contribution >= 0.6 is 0 Å². The number of rotatable bonds is 6. The lowest BCUT2D eigenvalue weighted by molar-refractivity contribution is 0.114. The minimum absolute atomic E-state index is 0.00220. The first-order chi connectivity index (χ1) is 13.8. The standard InChI is InChI=1S/C21H26FN3O3S/c1-2-9-29(27,28)23-19-7-8-20-17-10-16(13-25(20)21(19)26)12-24(14-17)11-15-3-5-18(22)6-4-15/h3-8,16-17,23H,2,9-14H2,1H3/t16-,17+/m0/s1. The smallest absolute Gasteiger partial charge is 0.275 e. The quantitative estimate of drug-likeness (QED) is 0.782. The molecule has 1 aromatic carbocycles. The highest BCUT2D eigenvalue weighted by Gasteiger charge is 2.35. The van der Waals surface area contributed by atoms with Crippen molar-refractivity contribution in [2.75, 3.05) is 23.6 Å². The zero-order valence-electron chi connectivity index (χ0n) is 16.5. The number of nitrogens with one attached hydrogen (secondary N) is 1. The van der Waals surface area contributed by atoms with Crippen LogP contribution in [0.2, 0.25) is 0 Å². The fraction of sp³-hybridized carbons (Fsp3) is 0.476. The molecule has 0 amide bonds. The van der Waals surface area contributed by atoms with E-state index in [4.69, 9.17) is 0 Å². The summed E-state index contributed by atoms with van der Waals surface area (Å²) in [5, 5.41) is 0. The van der Waals surface area contributed by atoms with Gasteiger partial charge in [-0.15, -0.1) is 0 Å². The van der Waals surface area contributed by atoms with Crippen LogP contribution in [0, 0.1) is 11.7 Å². The predicted octanol–water partition coefficient (Wildman–Crippen LogP) is 2.76. The predicted molar refractivity (Wildman–Crippen MR) is 111 cm³/mol. The zero-order chi connectivity index (χ0) is 20.6. The van der Waals surface area contributed by atoms with Gasteiger partial charge in [-0.2, -0.15) is 0 Å². The van der Waals surface area contributed by atoms with E-state index >= 15 is 0 Å². The van der Waals surface area contributed by atoms with E-state index in [0.29, 0.717) is 18.9 Å². The number of nitrogens with zero attached hydrogens (tertiary/aromatic N) is 2. The minimum Gasteiger partial charge on any atom is -0.310 e. The molecule has 29 heavy (non-hydrogen) atoms. The van der Waals surface area contributed by atoms with E-state index < -0.39 is 10.0 Å². The monoisotopic (exact) mass is 419 g/mol. The molecular weight excluding hydrogens is 393 g/mol. The number of hydrogen-bond donors (Lipinski definition) is 1. The maximum absolute atomic E-state index is 13.1. The first-order valence-electron chi connectivity index (χ1n) is 10.1. The van der Waals surface area contributed by atoms with Crippen LogP contribution in [0.1, 0.15) is 36.9 Å². The van der Waals surface area contributed by atoms with Crippen molar-refractivity contribution < 1.29 is 12.8 Å². The van der Waals surface area contributed by atoms with Gasteiger partial charge in [0.25, 0.3) is 5.56 Å². The molecule has 0 spiro atoms. The Balaban J connectivity index is 1.54. The summed E-state index contributed by atoms with van der Waals surface area (Å²) in [7, 11) is -3.50. The van der Waals surface area contributed by atoms with Crippen LogP contribution in [0.4, 0.5) is 10.1 Å². The van der Waals surface area contributed by atoms with Crippen LogP contribution in [0.25, 0.3) is 0 Å². The maximum atomic E-state index is 13.1. The fourth-order valence-electron chi connectivity index (χ4n) is 4.59. The third kappa shape index (κ3) is 4.38. The molecule has 156 valence electrons.